The minimum absolute atomic E-state index is 0.535. The number of rotatable bonds is 3. The lowest BCUT2D eigenvalue weighted by Gasteiger charge is -2.26. The van der Waals surface area contributed by atoms with Crippen molar-refractivity contribution < 1.29 is 0 Å². The molecule has 3 heterocycles. The Hall–Kier alpha value is -1.84. The van der Waals surface area contributed by atoms with Crippen LogP contribution in [0, 0.1) is 6.92 Å². The molecule has 4 heteroatoms. The van der Waals surface area contributed by atoms with Gasteiger partial charge in [0.25, 0.3) is 0 Å². The number of hydrogen-bond acceptors (Lipinski definition) is 3. The summed E-state index contributed by atoms with van der Waals surface area (Å²) >= 11 is 0. The van der Waals surface area contributed by atoms with E-state index in [1.165, 1.54) is 12.8 Å². The van der Waals surface area contributed by atoms with Gasteiger partial charge in [-0.15, -0.1) is 0 Å². The highest BCUT2D eigenvalue weighted by molar-refractivity contribution is 5.40. The second-order valence-corrected chi connectivity index (χ2v) is 4.80. The lowest BCUT2D eigenvalue weighted by Crippen LogP contribution is -2.33. The fourth-order valence-corrected chi connectivity index (χ4v) is 2.67. The van der Waals surface area contributed by atoms with Crippen LogP contribution in [0.25, 0.3) is 0 Å². The average Bonchev–Trinajstić information content (AvgIpc) is 3.01. The van der Waals surface area contributed by atoms with Crippen molar-refractivity contribution in [1.29, 1.82) is 0 Å². The molecule has 94 valence electrons. The van der Waals surface area contributed by atoms with Crippen LogP contribution in [0.1, 0.15) is 18.7 Å². The minimum Gasteiger partial charge on any atom is -0.352 e. The van der Waals surface area contributed by atoms with Crippen molar-refractivity contribution in [3.05, 3.63) is 42.6 Å². The molecule has 2 aromatic heterocycles. The quantitative estimate of drug-likeness (QED) is 0.828. The monoisotopic (exact) mass is 242 g/mol. The summed E-state index contributed by atoms with van der Waals surface area (Å²) in [7, 11) is 0. The lowest BCUT2D eigenvalue weighted by atomic mass is 10.2. The largest absolute Gasteiger partial charge is 0.352 e. The Morgan fingerprint density at radius 3 is 2.94 bits per heavy atom. The van der Waals surface area contributed by atoms with Crippen LogP contribution >= 0.6 is 0 Å². The first-order valence-electron chi connectivity index (χ1n) is 6.50. The Kier molecular flexibility index (Phi) is 3.00. The molecule has 0 amide bonds. The molecule has 1 fully saturated rings. The van der Waals surface area contributed by atoms with E-state index in [4.69, 9.17) is 0 Å². The van der Waals surface area contributed by atoms with Gasteiger partial charge in [-0.1, -0.05) is 6.07 Å². The van der Waals surface area contributed by atoms with Gasteiger partial charge >= 0.3 is 0 Å². The molecule has 4 nitrogen and oxygen atoms in total. The van der Waals surface area contributed by atoms with E-state index in [1.54, 1.807) is 0 Å². The summed E-state index contributed by atoms with van der Waals surface area (Å²) < 4.78 is 2.23. The zero-order chi connectivity index (χ0) is 12.4. The molecule has 1 atom stereocenters. The van der Waals surface area contributed by atoms with E-state index in [-0.39, 0.29) is 0 Å². The van der Waals surface area contributed by atoms with Crippen molar-refractivity contribution in [2.75, 3.05) is 11.4 Å². The third kappa shape index (κ3) is 2.10. The normalized spacial score (nSPS) is 19.4. The highest BCUT2D eigenvalue weighted by Crippen LogP contribution is 2.24. The van der Waals surface area contributed by atoms with Crippen LogP contribution < -0.4 is 4.90 Å². The van der Waals surface area contributed by atoms with Crippen molar-refractivity contribution in [3.63, 3.8) is 0 Å². The molecular formula is C14H18N4. The topological polar surface area (TPSA) is 34.0 Å². The number of aryl methyl sites for hydroxylation is 1. The number of pyridine rings is 1. The Labute approximate surface area is 107 Å². The first-order chi connectivity index (χ1) is 8.84. The molecule has 1 saturated heterocycles. The maximum absolute atomic E-state index is 4.46. The maximum Gasteiger partial charge on any atom is 0.128 e. The number of anilines is 1. The summed E-state index contributed by atoms with van der Waals surface area (Å²) in [4.78, 5) is 11.2. The van der Waals surface area contributed by atoms with Gasteiger partial charge < -0.3 is 9.47 Å². The fourth-order valence-electron chi connectivity index (χ4n) is 2.67. The molecule has 1 aliphatic heterocycles. The van der Waals surface area contributed by atoms with Gasteiger partial charge in [0.2, 0.25) is 0 Å². The van der Waals surface area contributed by atoms with Gasteiger partial charge in [-0.25, -0.2) is 9.97 Å². The van der Waals surface area contributed by atoms with Gasteiger partial charge in [0.05, 0.1) is 0 Å². The number of nitrogens with zero attached hydrogens (tertiary/aromatic N) is 4. The summed E-state index contributed by atoms with van der Waals surface area (Å²) in [5.74, 6) is 2.18. The van der Waals surface area contributed by atoms with Gasteiger partial charge in [-0.3, -0.25) is 0 Å². The number of imidazole rings is 1. The summed E-state index contributed by atoms with van der Waals surface area (Å²) in [5, 5.41) is 0. The van der Waals surface area contributed by atoms with E-state index in [0.717, 1.165) is 24.7 Å². The molecule has 0 bridgehead atoms. The Morgan fingerprint density at radius 2 is 2.22 bits per heavy atom. The highest BCUT2D eigenvalue weighted by Gasteiger charge is 2.25. The van der Waals surface area contributed by atoms with Crippen LogP contribution in [-0.4, -0.2) is 27.1 Å². The van der Waals surface area contributed by atoms with Gasteiger partial charge in [0.1, 0.15) is 11.6 Å². The molecular weight excluding hydrogens is 224 g/mol. The Balaban J connectivity index is 1.78. The van der Waals surface area contributed by atoms with Crippen LogP contribution in [0.5, 0.6) is 0 Å². The van der Waals surface area contributed by atoms with Crippen LogP contribution in [0.4, 0.5) is 5.82 Å². The molecule has 0 spiro atoms. The molecule has 0 aromatic carbocycles. The van der Waals surface area contributed by atoms with Gasteiger partial charge in [0.15, 0.2) is 0 Å². The molecule has 18 heavy (non-hydrogen) atoms. The smallest absolute Gasteiger partial charge is 0.128 e. The predicted molar refractivity (Wildman–Crippen MR) is 71.6 cm³/mol. The van der Waals surface area contributed by atoms with E-state index in [9.17, 15) is 0 Å². The maximum atomic E-state index is 4.46. The Morgan fingerprint density at radius 1 is 1.28 bits per heavy atom. The van der Waals surface area contributed by atoms with Crippen molar-refractivity contribution in [3.8, 4) is 0 Å². The predicted octanol–water partition coefficient (Wildman–Crippen LogP) is 2.26. The van der Waals surface area contributed by atoms with Crippen molar-refractivity contribution >= 4 is 5.82 Å². The molecule has 0 unspecified atom stereocenters. The molecule has 0 radical (unpaired) electrons. The number of hydrogen-bond donors (Lipinski definition) is 0. The van der Waals surface area contributed by atoms with Crippen LogP contribution in [-0.2, 0) is 6.54 Å². The lowest BCUT2D eigenvalue weighted by molar-refractivity contribution is 0.538. The third-order valence-corrected chi connectivity index (χ3v) is 3.65. The van der Waals surface area contributed by atoms with Crippen molar-refractivity contribution in [2.24, 2.45) is 0 Å². The van der Waals surface area contributed by atoms with Gasteiger partial charge in [-0.05, 0) is 31.9 Å². The first-order valence-corrected chi connectivity index (χ1v) is 6.50. The van der Waals surface area contributed by atoms with E-state index in [2.05, 4.69) is 44.7 Å². The molecule has 3 rings (SSSR count). The third-order valence-electron chi connectivity index (χ3n) is 3.65. The van der Waals surface area contributed by atoms with E-state index in [0.29, 0.717) is 6.04 Å². The second-order valence-electron chi connectivity index (χ2n) is 4.80. The molecule has 0 saturated carbocycles. The molecule has 0 aliphatic carbocycles. The second kappa shape index (κ2) is 4.80. The number of aromatic nitrogens is 3. The van der Waals surface area contributed by atoms with E-state index >= 15 is 0 Å². The average molecular weight is 242 g/mol. The highest BCUT2D eigenvalue weighted by atomic mass is 15.2. The zero-order valence-electron chi connectivity index (χ0n) is 10.7. The first kappa shape index (κ1) is 11.3. The molecule has 2 aromatic rings. The van der Waals surface area contributed by atoms with Crippen LogP contribution in [0.3, 0.4) is 0 Å². The standard InChI is InChI=1S/C14H18N4/c1-12-15-8-10-17(12)11-13-5-4-9-18(13)14-6-2-3-7-16-14/h2-3,6-8,10,13H,4-5,9,11H2,1H3/t13-/m0/s1. The van der Waals surface area contributed by atoms with Crippen LogP contribution in [0.15, 0.2) is 36.8 Å². The Bertz CT molecular complexity index is 506. The van der Waals surface area contributed by atoms with E-state index < -0.39 is 0 Å². The molecule has 0 N–H and O–H groups in total. The van der Waals surface area contributed by atoms with Crippen LogP contribution in [0.2, 0.25) is 0 Å². The molecule has 1 aliphatic rings. The zero-order valence-corrected chi connectivity index (χ0v) is 10.7. The van der Waals surface area contributed by atoms with Gasteiger partial charge in [-0.2, -0.15) is 0 Å². The SMILES string of the molecule is Cc1nccn1C[C@@H]1CCCN1c1ccccn1. The summed E-state index contributed by atoms with van der Waals surface area (Å²) in [6, 6.07) is 6.65. The minimum atomic E-state index is 0.535. The summed E-state index contributed by atoms with van der Waals surface area (Å²) in [6.07, 6.45) is 8.27. The van der Waals surface area contributed by atoms with E-state index in [1.807, 2.05) is 18.5 Å². The van der Waals surface area contributed by atoms with Crippen molar-refractivity contribution in [1.82, 2.24) is 14.5 Å². The summed E-state index contributed by atoms with van der Waals surface area (Å²) in [6.45, 7) is 4.16. The van der Waals surface area contributed by atoms with Gasteiger partial charge in [0, 0.05) is 37.7 Å². The fraction of sp³-hybridized carbons (Fsp3) is 0.429. The summed E-state index contributed by atoms with van der Waals surface area (Å²) in [5.41, 5.74) is 0. The van der Waals surface area contributed by atoms with Crippen molar-refractivity contribution in [2.45, 2.75) is 32.4 Å².